The molecule has 1 N–H and O–H groups in total. The highest BCUT2D eigenvalue weighted by molar-refractivity contribution is 5.66. The van der Waals surface area contributed by atoms with Crippen molar-refractivity contribution in [1.29, 1.82) is 0 Å². The van der Waals surface area contributed by atoms with Crippen molar-refractivity contribution >= 4 is 5.97 Å². The van der Waals surface area contributed by atoms with Crippen LogP contribution in [-0.2, 0) is 22.6 Å². The lowest BCUT2D eigenvalue weighted by atomic mass is 10.0. The standard InChI is InChI=1S/C27H37NO3/c1-2-8-22-11-15-24(16-12-22)25-17-13-23(14-18-25)21-31-26-9-5-7-20-28(26)19-6-3-4-10-27(29)30/h11-18,26H,2-10,19-21H2,1H3,(H,29,30). The monoisotopic (exact) mass is 423 g/mol. The van der Waals surface area contributed by atoms with E-state index in [1.807, 2.05) is 0 Å². The van der Waals surface area contributed by atoms with E-state index in [2.05, 4.69) is 60.4 Å². The summed E-state index contributed by atoms with van der Waals surface area (Å²) in [5, 5.41) is 8.76. The maximum absolute atomic E-state index is 10.6. The number of hydrogen-bond acceptors (Lipinski definition) is 3. The number of piperidine rings is 1. The van der Waals surface area contributed by atoms with Crippen LogP contribution in [0.4, 0.5) is 0 Å². The van der Waals surface area contributed by atoms with Gasteiger partial charge in [0.25, 0.3) is 0 Å². The fourth-order valence-corrected chi connectivity index (χ4v) is 4.31. The Balaban J connectivity index is 1.47. The number of aliphatic carboxylic acids is 1. The molecule has 1 unspecified atom stereocenters. The van der Waals surface area contributed by atoms with Gasteiger partial charge in [-0.05, 0) is 60.8 Å². The number of carboxylic acids is 1. The number of rotatable bonds is 12. The van der Waals surface area contributed by atoms with Gasteiger partial charge in [-0.2, -0.15) is 0 Å². The predicted octanol–water partition coefficient (Wildman–Crippen LogP) is 6.28. The molecule has 1 aliphatic rings. The van der Waals surface area contributed by atoms with Gasteiger partial charge in [0.05, 0.1) is 6.61 Å². The van der Waals surface area contributed by atoms with E-state index in [0.29, 0.717) is 6.61 Å². The molecule has 1 heterocycles. The molecule has 2 aromatic carbocycles. The number of aryl methyl sites for hydroxylation is 1. The minimum Gasteiger partial charge on any atom is -0.481 e. The highest BCUT2D eigenvalue weighted by Gasteiger charge is 2.22. The topological polar surface area (TPSA) is 49.8 Å². The average molecular weight is 424 g/mol. The number of carbonyl (C=O) groups is 1. The minimum atomic E-state index is -0.696. The second kappa shape index (κ2) is 12.6. The molecule has 4 heteroatoms. The Morgan fingerprint density at radius 1 is 0.968 bits per heavy atom. The molecular weight excluding hydrogens is 386 g/mol. The molecule has 0 aromatic heterocycles. The van der Waals surface area contributed by atoms with Crippen molar-refractivity contribution in [3.8, 4) is 11.1 Å². The Kier molecular flexibility index (Phi) is 9.57. The molecule has 0 saturated carbocycles. The van der Waals surface area contributed by atoms with Crippen molar-refractivity contribution in [2.24, 2.45) is 0 Å². The van der Waals surface area contributed by atoms with Gasteiger partial charge >= 0.3 is 5.97 Å². The largest absolute Gasteiger partial charge is 0.481 e. The van der Waals surface area contributed by atoms with Gasteiger partial charge in [0.1, 0.15) is 6.23 Å². The molecule has 4 nitrogen and oxygen atoms in total. The van der Waals surface area contributed by atoms with Gasteiger partial charge in [0.2, 0.25) is 0 Å². The maximum Gasteiger partial charge on any atom is 0.303 e. The van der Waals surface area contributed by atoms with Gasteiger partial charge < -0.3 is 9.84 Å². The summed E-state index contributed by atoms with van der Waals surface area (Å²) >= 11 is 0. The van der Waals surface area contributed by atoms with Crippen molar-refractivity contribution in [3.63, 3.8) is 0 Å². The average Bonchev–Trinajstić information content (AvgIpc) is 2.79. The Bertz CT molecular complexity index is 785. The summed E-state index contributed by atoms with van der Waals surface area (Å²) in [7, 11) is 0. The number of ether oxygens (including phenoxy) is 1. The van der Waals surface area contributed by atoms with E-state index in [-0.39, 0.29) is 12.6 Å². The van der Waals surface area contributed by atoms with E-state index in [1.165, 1.54) is 41.5 Å². The molecule has 0 radical (unpaired) electrons. The molecular formula is C27H37NO3. The summed E-state index contributed by atoms with van der Waals surface area (Å²) in [5.74, 6) is -0.696. The molecule has 1 saturated heterocycles. The lowest BCUT2D eigenvalue weighted by molar-refractivity contribution is -0.137. The molecule has 1 fully saturated rings. The maximum atomic E-state index is 10.6. The molecule has 0 aliphatic carbocycles. The van der Waals surface area contributed by atoms with Crippen LogP contribution in [0.25, 0.3) is 11.1 Å². The van der Waals surface area contributed by atoms with Gasteiger partial charge in [-0.1, -0.05) is 68.3 Å². The number of carboxylic acid groups (broad SMARTS) is 1. The molecule has 0 amide bonds. The molecule has 1 atom stereocenters. The Hall–Kier alpha value is -2.17. The molecule has 0 bridgehead atoms. The van der Waals surface area contributed by atoms with Gasteiger partial charge in [-0.25, -0.2) is 0 Å². The third-order valence-corrected chi connectivity index (χ3v) is 6.11. The summed E-state index contributed by atoms with van der Waals surface area (Å²) < 4.78 is 6.30. The van der Waals surface area contributed by atoms with Crippen LogP contribution in [0.5, 0.6) is 0 Å². The predicted molar refractivity (Wildman–Crippen MR) is 126 cm³/mol. The zero-order valence-corrected chi connectivity index (χ0v) is 18.9. The Morgan fingerprint density at radius 2 is 1.65 bits per heavy atom. The zero-order chi connectivity index (χ0) is 21.9. The number of unbranched alkanes of at least 4 members (excludes halogenated alkanes) is 2. The van der Waals surface area contributed by atoms with E-state index >= 15 is 0 Å². The first-order valence-corrected chi connectivity index (χ1v) is 11.9. The van der Waals surface area contributed by atoms with E-state index < -0.39 is 5.97 Å². The summed E-state index contributed by atoms with van der Waals surface area (Å²) in [6.45, 7) is 4.92. The second-order valence-electron chi connectivity index (χ2n) is 8.65. The second-order valence-corrected chi connectivity index (χ2v) is 8.65. The fourth-order valence-electron chi connectivity index (χ4n) is 4.31. The lowest BCUT2D eigenvalue weighted by Crippen LogP contribution is -2.41. The van der Waals surface area contributed by atoms with Gasteiger partial charge in [-0.15, -0.1) is 0 Å². The molecule has 2 aromatic rings. The first-order chi connectivity index (χ1) is 15.2. The van der Waals surface area contributed by atoms with Gasteiger partial charge in [0.15, 0.2) is 0 Å². The van der Waals surface area contributed by atoms with Crippen molar-refractivity contribution in [1.82, 2.24) is 4.90 Å². The quantitative estimate of drug-likeness (QED) is 0.408. The van der Waals surface area contributed by atoms with E-state index in [4.69, 9.17) is 9.84 Å². The Morgan fingerprint density at radius 3 is 2.29 bits per heavy atom. The normalized spacial score (nSPS) is 17.0. The zero-order valence-electron chi connectivity index (χ0n) is 18.9. The molecule has 3 rings (SSSR count). The third kappa shape index (κ3) is 7.79. The van der Waals surface area contributed by atoms with Crippen LogP contribution in [0, 0.1) is 0 Å². The summed E-state index contributed by atoms with van der Waals surface area (Å²) in [6.07, 6.45) is 9.06. The highest BCUT2D eigenvalue weighted by atomic mass is 16.5. The van der Waals surface area contributed by atoms with Crippen LogP contribution in [0.1, 0.15) is 69.4 Å². The van der Waals surface area contributed by atoms with Crippen LogP contribution < -0.4 is 0 Å². The summed E-state index contributed by atoms with van der Waals surface area (Å²) in [4.78, 5) is 13.1. The third-order valence-electron chi connectivity index (χ3n) is 6.11. The molecule has 0 spiro atoms. The number of hydrogen-bond donors (Lipinski definition) is 1. The molecule has 168 valence electrons. The number of nitrogens with zero attached hydrogens (tertiary/aromatic N) is 1. The van der Waals surface area contributed by atoms with E-state index in [0.717, 1.165) is 45.2 Å². The Labute approximate surface area is 187 Å². The SMILES string of the molecule is CCCc1ccc(-c2ccc(COC3CCCCN3CCCCCC(=O)O)cc2)cc1. The van der Waals surface area contributed by atoms with E-state index in [1.54, 1.807) is 0 Å². The van der Waals surface area contributed by atoms with Crippen LogP contribution in [0.15, 0.2) is 48.5 Å². The summed E-state index contributed by atoms with van der Waals surface area (Å²) in [6, 6.07) is 17.6. The van der Waals surface area contributed by atoms with Crippen molar-refractivity contribution < 1.29 is 14.6 Å². The number of benzene rings is 2. The molecule has 1 aliphatic heterocycles. The lowest BCUT2D eigenvalue weighted by Gasteiger charge is -2.35. The van der Waals surface area contributed by atoms with Crippen LogP contribution in [-0.4, -0.2) is 35.3 Å². The fraction of sp³-hybridized carbons (Fsp3) is 0.519. The first-order valence-electron chi connectivity index (χ1n) is 11.9. The van der Waals surface area contributed by atoms with Crippen molar-refractivity contribution in [2.45, 2.75) is 77.5 Å². The van der Waals surface area contributed by atoms with Crippen LogP contribution >= 0.6 is 0 Å². The first kappa shape index (κ1) is 23.5. The van der Waals surface area contributed by atoms with E-state index in [9.17, 15) is 4.79 Å². The molecule has 31 heavy (non-hydrogen) atoms. The van der Waals surface area contributed by atoms with Crippen LogP contribution in [0.3, 0.4) is 0 Å². The van der Waals surface area contributed by atoms with Crippen molar-refractivity contribution in [2.75, 3.05) is 13.1 Å². The highest BCUT2D eigenvalue weighted by Crippen LogP contribution is 2.23. The van der Waals surface area contributed by atoms with Gasteiger partial charge in [0, 0.05) is 19.5 Å². The summed E-state index contributed by atoms with van der Waals surface area (Å²) in [5.41, 5.74) is 5.11. The van der Waals surface area contributed by atoms with Crippen molar-refractivity contribution in [3.05, 3.63) is 59.7 Å². The number of likely N-dealkylation sites (tertiary alicyclic amines) is 1. The van der Waals surface area contributed by atoms with Gasteiger partial charge in [-0.3, -0.25) is 9.69 Å². The minimum absolute atomic E-state index is 0.180. The smallest absolute Gasteiger partial charge is 0.303 e. The van der Waals surface area contributed by atoms with Crippen LogP contribution in [0.2, 0.25) is 0 Å².